The van der Waals surface area contributed by atoms with Crippen molar-refractivity contribution in [2.75, 3.05) is 19.6 Å². The molecule has 1 heterocycles. The Morgan fingerprint density at radius 2 is 2.07 bits per heavy atom. The van der Waals surface area contributed by atoms with E-state index in [1.807, 2.05) is 0 Å². The van der Waals surface area contributed by atoms with Gasteiger partial charge in [0.25, 0.3) is 0 Å². The number of hydrogen-bond acceptors (Lipinski definition) is 3. The molecular formula is C11H22N2O. The van der Waals surface area contributed by atoms with Crippen molar-refractivity contribution >= 4 is 0 Å². The molecule has 3 nitrogen and oxygen atoms in total. The van der Waals surface area contributed by atoms with Gasteiger partial charge in [0.05, 0.1) is 6.10 Å². The van der Waals surface area contributed by atoms with E-state index in [9.17, 15) is 0 Å². The quantitative estimate of drug-likeness (QED) is 0.616. The van der Waals surface area contributed by atoms with Crippen LogP contribution in [0.4, 0.5) is 0 Å². The summed E-state index contributed by atoms with van der Waals surface area (Å²) in [6.45, 7) is 3.39. The van der Waals surface area contributed by atoms with Crippen LogP contribution in [0.3, 0.4) is 0 Å². The van der Waals surface area contributed by atoms with E-state index in [1.54, 1.807) is 0 Å². The number of piperidine rings is 1. The van der Waals surface area contributed by atoms with E-state index in [0.29, 0.717) is 6.04 Å². The lowest BCUT2D eigenvalue weighted by Gasteiger charge is -2.32. The first-order valence-corrected chi connectivity index (χ1v) is 5.97. The van der Waals surface area contributed by atoms with Gasteiger partial charge in [-0.05, 0) is 44.7 Å². The molecule has 2 rings (SSSR count). The molecule has 3 heteroatoms. The van der Waals surface area contributed by atoms with Crippen LogP contribution in [0.2, 0.25) is 0 Å². The van der Waals surface area contributed by atoms with Gasteiger partial charge in [0.1, 0.15) is 0 Å². The van der Waals surface area contributed by atoms with Crippen molar-refractivity contribution in [1.29, 1.82) is 0 Å². The van der Waals surface area contributed by atoms with Gasteiger partial charge < -0.3 is 15.7 Å². The zero-order valence-corrected chi connectivity index (χ0v) is 8.84. The molecule has 0 radical (unpaired) electrons. The third-order valence-electron chi connectivity index (χ3n) is 3.45. The summed E-state index contributed by atoms with van der Waals surface area (Å²) in [5.74, 6) is 0.730. The van der Waals surface area contributed by atoms with Crippen LogP contribution in [0.1, 0.15) is 32.1 Å². The first kappa shape index (κ1) is 10.4. The zero-order chi connectivity index (χ0) is 9.80. The maximum absolute atomic E-state index is 9.13. The van der Waals surface area contributed by atoms with Crippen molar-refractivity contribution in [2.24, 2.45) is 5.92 Å². The normalized spacial score (nSPS) is 37.9. The number of aliphatic hydroxyl groups excluding tert-OH is 1. The highest BCUT2D eigenvalue weighted by Gasteiger charge is 2.26. The summed E-state index contributed by atoms with van der Waals surface area (Å²) in [6, 6.07) is 0.689. The molecule has 3 N–H and O–H groups in total. The van der Waals surface area contributed by atoms with Gasteiger partial charge in [0, 0.05) is 12.6 Å². The Bertz CT molecular complexity index is 163. The van der Waals surface area contributed by atoms with Crippen LogP contribution in [0.15, 0.2) is 0 Å². The molecule has 14 heavy (non-hydrogen) atoms. The fraction of sp³-hybridized carbons (Fsp3) is 1.00. The van der Waals surface area contributed by atoms with Crippen molar-refractivity contribution in [3.63, 3.8) is 0 Å². The molecule has 0 aromatic heterocycles. The molecule has 82 valence electrons. The summed E-state index contributed by atoms with van der Waals surface area (Å²) >= 11 is 0. The highest BCUT2D eigenvalue weighted by molar-refractivity contribution is 4.81. The number of aliphatic hydroxyl groups is 1. The minimum absolute atomic E-state index is 0.00499. The fourth-order valence-corrected chi connectivity index (χ4v) is 2.43. The monoisotopic (exact) mass is 198 g/mol. The predicted molar refractivity (Wildman–Crippen MR) is 57.2 cm³/mol. The number of hydrogen-bond donors (Lipinski definition) is 3. The summed E-state index contributed by atoms with van der Waals surface area (Å²) in [5.41, 5.74) is 0. The Morgan fingerprint density at radius 3 is 2.71 bits per heavy atom. The predicted octanol–water partition coefficient (Wildman–Crippen LogP) is 0.489. The van der Waals surface area contributed by atoms with Gasteiger partial charge in [-0.15, -0.1) is 0 Å². The standard InChI is InChI=1S/C11H22N2O/c14-11-5-9(6-11)7-12-8-10-3-1-2-4-13-10/h9-14H,1-8H2. The van der Waals surface area contributed by atoms with E-state index in [4.69, 9.17) is 5.11 Å². The Balaban J connectivity index is 1.50. The molecule has 1 unspecified atom stereocenters. The molecule has 2 fully saturated rings. The van der Waals surface area contributed by atoms with Gasteiger partial charge in [-0.2, -0.15) is 0 Å². The van der Waals surface area contributed by atoms with Gasteiger partial charge >= 0.3 is 0 Å². The molecule has 0 amide bonds. The summed E-state index contributed by atoms with van der Waals surface area (Å²) in [6.07, 6.45) is 6.04. The maximum Gasteiger partial charge on any atom is 0.0546 e. The smallest absolute Gasteiger partial charge is 0.0546 e. The third kappa shape index (κ3) is 2.94. The highest BCUT2D eigenvalue weighted by Crippen LogP contribution is 2.26. The topological polar surface area (TPSA) is 44.3 Å². The van der Waals surface area contributed by atoms with Gasteiger partial charge in [-0.3, -0.25) is 0 Å². The van der Waals surface area contributed by atoms with Crippen LogP contribution < -0.4 is 10.6 Å². The van der Waals surface area contributed by atoms with Crippen LogP contribution in [0.5, 0.6) is 0 Å². The zero-order valence-electron chi connectivity index (χ0n) is 8.84. The molecule has 0 aromatic rings. The third-order valence-corrected chi connectivity index (χ3v) is 3.45. The molecule has 1 aliphatic heterocycles. The Kier molecular flexibility index (Phi) is 3.79. The van der Waals surface area contributed by atoms with E-state index < -0.39 is 0 Å². The summed E-state index contributed by atoms with van der Waals surface area (Å²) < 4.78 is 0. The van der Waals surface area contributed by atoms with E-state index in [2.05, 4.69) is 10.6 Å². The maximum atomic E-state index is 9.13. The SMILES string of the molecule is OC1CC(CNCC2CCCCN2)C1. The lowest BCUT2D eigenvalue weighted by molar-refractivity contribution is 0.0428. The van der Waals surface area contributed by atoms with Crippen molar-refractivity contribution in [3.05, 3.63) is 0 Å². The molecular weight excluding hydrogens is 176 g/mol. The fourth-order valence-electron chi connectivity index (χ4n) is 2.43. The summed E-state index contributed by atoms with van der Waals surface area (Å²) in [4.78, 5) is 0. The van der Waals surface area contributed by atoms with Crippen molar-refractivity contribution in [3.8, 4) is 0 Å². The molecule has 1 saturated heterocycles. The van der Waals surface area contributed by atoms with E-state index in [1.165, 1.54) is 25.8 Å². The van der Waals surface area contributed by atoms with Crippen LogP contribution in [-0.4, -0.2) is 36.9 Å². The molecule has 0 aromatic carbocycles. The van der Waals surface area contributed by atoms with Gasteiger partial charge in [0.2, 0.25) is 0 Å². The molecule has 2 aliphatic rings. The molecule has 0 spiro atoms. The first-order valence-electron chi connectivity index (χ1n) is 5.97. The van der Waals surface area contributed by atoms with Gasteiger partial charge in [0.15, 0.2) is 0 Å². The second kappa shape index (κ2) is 5.10. The lowest BCUT2D eigenvalue weighted by atomic mass is 9.82. The first-order chi connectivity index (χ1) is 6.84. The number of nitrogens with one attached hydrogen (secondary N) is 2. The Labute approximate surface area is 86.3 Å². The summed E-state index contributed by atoms with van der Waals surface area (Å²) in [7, 11) is 0. The van der Waals surface area contributed by atoms with Crippen molar-refractivity contribution < 1.29 is 5.11 Å². The van der Waals surface area contributed by atoms with E-state index >= 15 is 0 Å². The average Bonchev–Trinajstić information content (AvgIpc) is 2.17. The average molecular weight is 198 g/mol. The second-order valence-corrected chi connectivity index (χ2v) is 4.80. The van der Waals surface area contributed by atoms with Gasteiger partial charge in [-0.1, -0.05) is 6.42 Å². The number of rotatable bonds is 4. The molecule has 1 atom stereocenters. The molecule has 0 bridgehead atoms. The summed E-state index contributed by atoms with van der Waals surface area (Å²) in [5, 5.41) is 16.2. The highest BCUT2D eigenvalue weighted by atomic mass is 16.3. The minimum atomic E-state index is -0.00499. The Hall–Kier alpha value is -0.120. The van der Waals surface area contributed by atoms with Crippen LogP contribution in [-0.2, 0) is 0 Å². The van der Waals surface area contributed by atoms with E-state index in [-0.39, 0.29) is 6.10 Å². The Morgan fingerprint density at radius 1 is 1.21 bits per heavy atom. The second-order valence-electron chi connectivity index (χ2n) is 4.80. The molecule has 1 aliphatic carbocycles. The van der Waals surface area contributed by atoms with Crippen LogP contribution >= 0.6 is 0 Å². The van der Waals surface area contributed by atoms with Crippen LogP contribution in [0, 0.1) is 5.92 Å². The van der Waals surface area contributed by atoms with Crippen LogP contribution in [0.25, 0.3) is 0 Å². The largest absolute Gasteiger partial charge is 0.393 e. The van der Waals surface area contributed by atoms with E-state index in [0.717, 1.165) is 31.8 Å². The lowest BCUT2D eigenvalue weighted by Crippen LogP contribution is -2.44. The van der Waals surface area contributed by atoms with Crippen molar-refractivity contribution in [2.45, 2.75) is 44.2 Å². The van der Waals surface area contributed by atoms with Gasteiger partial charge in [-0.25, -0.2) is 0 Å². The van der Waals surface area contributed by atoms with Crippen molar-refractivity contribution in [1.82, 2.24) is 10.6 Å². The molecule has 1 saturated carbocycles. The minimum Gasteiger partial charge on any atom is -0.393 e.